The lowest BCUT2D eigenvalue weighted by atomic mass is 10.1. The van der Waals surface area contributed by atoms with E-state index in [1.165, 1.54) is 12.1 Å². The maximum absolute atomic E-state index is 13.0. The Morgan fingerprint density at radius 1 is 0.946 bits per heavy atom. The van der Waals surface area contributed by atoms with Crippen LogP contribution < -0.4 is 9.47 Å². The minimum atomic E-state index is -4.35. The van der Waals surface area contributed by atoms with Gasteiger partial charge >= 0.3 is 6.18 Å². The summed E-state index contributed by atoms with van der Waals surface area (Å²) in [6.45, 7) is 2.97. The van der Waals surface area contributed by atoms with Crippen LogP contribution in [0.5, 0.6) is 11.5 Å². The molecule has 37 heavy (non-hydrogen) atoms. The van der Waals surface area contributed by atoms with Gasteiger partial charge in [-0.25, -0.2) is 0 Å². The SMILES string of the molecule is COc1ccc(/C=C/C(=O)N2CCN(Cc3cccc(C(F)(F)F)c3)CC2)cc1COc1ccccc1. The lowest BCUT2D eigenvalue weighted by Gasteiger charge is -2.34. The van der Waals surface area contributed by atoms with Gasteiger partial charge in [-0.15, -0.1) is 0 Å². The number of halogens is 3. The molecule has 0 aliphatic carbocycles. The van der Waals surface area contributed by atoms with E-state index in [0.29, 0.717) is 50.6 Å². The highest BCUT2D eigenvalue weighted by Gasteiger charge is 2.30. The van der Waals surface area contributed by atoms with Crippen LogP contribution in [0.25, 0.3) is 6.08 Å². The number of carbonyl (C=O) groups is 1. The van der Waals surface area contributed by atoms with Gasteiger partial charge in [0.05, 0.1) is 12.7 Å². The second-order valence-corrected chi connectivity index (χ2v) is 8.81. The summed E-state index contributed by atoms with van der Waals surface area (Å²) in [5, 5.41) is 0. The molecule has 0 saturated carbocycles. The number of piperazine rings is 1. The van der Waals surface area contributed by atoms with Crippen LogP contribution in [0.15, 0.2) is 78.9 Å². The van der Waals surface area contributed by atoms with Crippen LogP contribution in [0.4, 0.5) is 13.2 Å². The number of carbonyl (C=O) groups excluding carboxylic acids is 1. The smallest absolute Gasteiger partial charge is 0.416 e. The van der Waals surface area contributed by atoms with Gasteiger partial charge in [-0.2, -0.15) is 13.2 Å². The summed E-state index contributed by atoms with van der Waals surface area (Å²) in [6.07, 6.45) is -1.04. The molecule has 0 atom stereocenters. The van der Waals surface area contributed by atoms with Gasteiger partial charge in [0.2, 0.25) is 5.91 Å². The molecule has 3 aromatic rings. The fourth-order valence-corrected chi connectivity index (χ4v) is 4.20. The van der Waals surface area contributed by atoms with Gasteiger partial charge in [0.15, 0.2) is 0 Å². The lowest BCUT2D eigenvalue weighted by Crippen LogP contribution is -2.47. The van der Waals surface area contributed by atoms with E-state index in [4.69, 9.17) is 9.47 Å². The predicted molar refractivity (Wildman–Crippen MR) is 136 cm³/mol. The van der Waals surface area contributed by atoms with E-state index in [1.807, 2.05) is 48.5 Å². The first kappa shape index (κ1) is 26.3. The van der Waals surface area contributed by atoms with Crippen LogP contribution in [-0.2, 0) is 24.1 Å². The minimum absolute atomic E-state index is 0.100. The van der Waals surface area contributed by atoms with Crippen LogP contribution in [0.2, 0.25) is 0 Å². The fraction of sp³-hybridized carbons (Fsp3) is 0.276. The summed E-state index contributed by atoms with van der Waals surface area (Å²) < 4.78 is 50.2. The Labute approximate surface area is 214 Å². The molecule has 0 N–H and O–H groups in total. The molecule has 1 heterocycles. The summed E-state index contributed by atoms with van der Waals surface area (Å²) in [4.78, 5) is 16.6. The first-order chi connectivity index (χ1) is 17.8. The first-order valence-corrected chi connectivity index (χ1v) is 12.0. The Hall–Kier alpha value is -3.78. The molecule has 1 saturated heterocycles. The summed E-state index contributed by atoms with van der Waals surface area (Å²) in [7, 11) is 1.60. The quantitative estimate of drug-likeness (QED) is 0.368. The third-order valence-electron chi connectivity index (χ3n) is 6.20. The van der Waals surface area contributed by atoms with E-state index in [0.717, 1.165) is 22.9 Å². The Morgan fingerprint density at radius 2 is 1.70 bits per heavy atom. The van der Waals surface area contributed by atoms with E-state index in [1.54, 1.807) is 30.2 Å². The van der Waals surface area contributed by atoms with Crippen molar-refractivity contribution in [3.05, 3.63) is 101 Å². The third kappa shape index (κ3) is 7.36. The number of amides is 1. The Kier molecular flexibility index (Phi) is 8.50. The number of methoxy groups -OCH3 is 1. The van der Waals surface area contributed by atoms with Gasteiger partial charge in [0.25, 0.3) is 0 Å². The largest absolute Gasteiger partial charge is 0.496 e. The molecular weight excluding hydrogens is 481 g/mol. The monoisotopic (exact) mass is 510 g/mol. The molecule has 0 radical (unpaired) electrons. The first-order valence-electron chi connectivity index (χ1n) is 12.0. The van der Waals surface area contributed by atoms with E-state index in [2.05, 4.69) is 4.90 Å². The Bertz CT molecular complexity index is 1220. The van der Waals surface area contributed by atoms with Crippen molar-refractivity contribution in [3.63, 3.8) is 0 Å². The van der Waals surface area contributed by atoms with Crippen molar-refractivity contribution in [2.24, 2.45) is 0 Å². The summed E-state index contributed by atoms with van der Waals surface area (Å²) in [5.74, 6) is 1.36. The van der Waals surface area contributed by atoms with Gasteiger partial charge in [0.1, 0.15) is 18.1 Å². The molecule has 0 spiro atoms. The zero-order valence-electron chi connectivity index (χ0n) is 20.6. The van der Waals surface area contributed by atoms with Crippen LogP contribution >= 0.6 is 0 Å². The number of ether oxygens (including phenoxy) is 2. The maximum atomic E-state index is 13.0. The van der Waals surface area contributed by atoms with Crippen molar-refractivity contribution < 1.29 is 27.4 Å². The molecule has 1 aliphatic rings. The highest BCUT2D eigenvalue weighted by atomic mass is 19.4. The molecular formula is C29H29F3N2O3. The molecule has 3 aromatic carbocycles. The average Bonchev–Trinajstić information content (AvgIpc) is 2.91. The number of alkyl halides is 3. The van der Waals surface area contributed by atoms with Gasteiger partial charge in [-0.3, -0.25) is 9.69 Å². The van der Waals surface area contributed by atoms with Crippen LogP contribution in [0.1, 0.15) is 22.3 Å². The van der Waals surface area contributed by atoms with Crippen LogP contribution in [0.3, 0.4) is 0 Å². The van der Waals surface area contributed by atoms with E-state index < -0.39 is 11.7 Å². The zero-order valence-corrected chi connectivity index (χ0v) is 20.6. The van der Waals surface area contributed by atoms with Crippen LogP contribution in [0, 0.1) is 0 Å². The molecule has 0 aromatic heterocycles. The lowest BCUT2D eigenvalue weighted by molar-refractivity contribution is -0.137. The topological polar surface area (TPSA) is 42.0 Å². The number of nitrogens with zero attached hydrogens (tertiary/aromatic N) is 2. The summed E-state index contributed by atoms with van der Waals surface area (Å²) in [5.41, 5.74) is 1.69. The fourth-order valence-electron chi connectivity index (χ4n) is 4.20. The van der Waals surface area contributed by atoms with E-state index in [9.17, 15) is 18.0 Å². The minimum Gasteiger partial charge on any atom is -0.496 e. The molecule has 8 heteroatoms. The third-order valence-corrected chi connectivity index (χ3v) is 6.20. The molecule has 1 fully saturated rings. The van der Waals surface area contributed by atoms with Crippen molar-refractivity contribution in [2.45, 2.75) is 19.3 Å². The van der Waals surface area contributed by atoms with Gasteiger partial charge in [0, 0.05) is 44.4 Å². The van der Waals surface area contributed by atoms with Crippen molar-refractivity contribution in [1.82, 2.24) is 9.80 Å². The van der Waals surface area contributed by atoms with Crippen molar-refractivity contribution in [3.8, 4) is 11.5 Å². The van der Waals surface area contributed by atoms with E-state index >= 15 is 0 Å². The van der Waals surface area contributed by atoms with Gasteiger partial charge in [-0.1, -0.05) is 42.5 Å². The normalized spacial score (nSPS) is 14.6. The van der Waals surface area contributed by atoms with Crippen molar-refractivity contribution in [2.75, 3.05) is 33.3 Å². The number of rotatable bonds is 8. The molecule has 4 rings (SSSR count). The molecule has 1 amide bonds. The summed E-state index contributed by atoms with van der Waals surface area (Å²) >= 11 is 0. The number of para-hydroxylation sites is 1. The zero-order chi connectivity index (χ0) is 26.3. The molecule has 0 unspecified atom stereocenters. The molecule has 1 aliphatic heterocycles. The molecule has 194 valence electrons. The van der Waals surface area contributed by atoms with Crippen LogP contribution in [-0.4, -0.2) is 49.0 Å². The maximum Gasteiger partial charge on any atom is 0.416 e. The average molecular weight is 511 g/mol. The predicted octanol–water partition coefficient (Wildman–Crippen LogP) is 5.65. The Morgan fingerprint density at radius 3 is 2.41 bits per heavy atom. The Balaban J connectivity index is 1.31. The van der Waals surface area contributed by atoms with Gasteiger partial charge < -0.3 is 14.4 Å². The number of hydrogen-bond acceptors (Lipinski definition) is 4. The summed E-state index contributed by atoms with van der Waals surface area (Å²) in [6, 6.07) is 20.5. The second kappa shape index (κ2) is 12.0. The van der Waals surface area contributed by atoms with E-state index in [-0.39, 0.29) is 5.91 Å². The highest BCUT2D eigenvalue weighted by Crippen LogP contribution is 2.30. The highest BCUT2D eigenvalue weighted by molar-refractivity contribution is 5.91. The second-order valence-electron chi connectivity index (χ2n) is 8.81. The molecule has 0 bridgehead atoms. The molecule has 5 nitrogen and oxygen atoms in total. The van der Waals surface area contributed by atoms with Crippen molar-refractivity contribution in [1.29, 1.82) is 0 Å². The standard InChI is InChI=1S/C29H29F3N2O3/c1-36-27-12-10-22(18-24(27)21-37-26-8-3-2-4-9-26)11-13-28(35)34-16-14-33(15-17-34)20-23-6-5-7-25(19-23)29(30,31)32/h2-13,18-19H,14-17,20-21H2,1H3/b13-11+. The van der Waals surface area contributed by atoms with Crippen molar-refractivity contribution >= 4 is 12.0 Å². The van der Waals surface area contributed by atoms with Gasteiger partial charge in [-0.05, 0) is 47.5 Å². The number of benzene rings is 3. The number of hydrogen-bond donors (Lipinski definition) is 0.